The molecule has 2 heteroatoms. The van der Waals surface area contributed by atoms with Crippen LogP contribution in [0.3, 0.4) is 0 Å². The molecule has 2 aliphatic carbocycles. The summed E-state index contributed by atoms with van der Waals surface area (Å²) < 4.78 is 7.83. The standard InChI is InChI=1S/C16H13.C9H13.2CH3.H2Si.Zr/c1-12-10-14-8-5-9-15(16(14)11-12)13-6-3-2-4-7-13;1-6-5-7(2)9(4)8(6)3;;;;/h2-11H,1H3;6H,1-4H3;2*1H3;1H2;. The Morgan fingerprint density at radius 2 is 1.48 bits per heavy atom. The third-order valence-electron chi connectivity index (χ3n) is 7.81. The molecule has 0 heterocycles. The molecule has 0 radical (unpaired) electrons. The van der Waals surface area contributed by atoms with Gasteiger partial charge in [-0.25, -0.2) is 0 Å². The van der Waals surface area contributed by atoms with E-state index in [2.05, 4.69) is 105 Å². The second-order valence-corrected chi connectivity index (χ2v) is 39.8. The van der Waals surface area contributed by atoms with Gasteiger partial charge in [0.05, 0.1) is 0 Å². The SMILES string of the molecule is CC1=Cc2c(-c3ccccc3)cccc2[CH]1[Zr]([CH3])([CH3])(=[SiH2])[C]1=C(C)C(C)=C(C)C1C. The summed E-state index contributed by atoms with van der Waals surface area (Å²) in [6, 6.07) is 17.9. The molecule has 2 atom stereocenters. The van der Waals surface area contributed by atoms with Crippen molar-refractivity contribution < 1.29 is 17.4 Å². The van der Waals surface area contributed by atoms with Crippen molar-refractivity contribution in [3.05, 3.63) is 85.2 Å². The first-order valence-corrected chi connectivity index (χ1v) is 24.3. The molecular weight excluding hydrogens is 444 g/mol. The second-order valence-electron chi connectivity index (χ2n) is 10.4. The second kappa shape index (κ2) is 6.89. The first-order valence-electron chi connectivity index (χ1n) is 10.9. The van der Waals surface area contributed by atoms with Crippen LogP contribution in [0.15, 0.2) is 74.1 Å². The van der Waals surface area contributed by atoms with E-state index >= 15 is 0 Å². The fourth-order valence-electron chi connectivity index (χ4n) is 6.50. The van der Waals surface area contributed by atoms with Crippen molar-refractivity contribution in [3.8, 4) is 11.1 Å². The summed E-state index contributed by atoms with van der Waals surface area (Å²) in [7, 11) is 0. The maximum atomic E-state index is 2.70. The van der Waals surface area contributed by atoms with Crippen LogP contribution in [0.1, 0.15) is 49.4 Å². The van der Waals surface area contributed by atoms with E-state index in [0.29, 0.717) is 9.54 Å². The van der Waals surface area contributed by atoms with Gasteiger partial charge in [0.2, 0.25) is 0 Å². The topological polar surface area (TPSA) is 0 Å². The van der Waals surface area contributed by atoms with Crippen molar-refractivity contribution in [2.75, 3.05) is 0 Å². The van der Waals surface area contributed by atoms with Gasteiger partial charge in [-0.05, 0) is 0 Å². The Bertz CT molecular complexity index is 1170. The summed E-state index contributed by atoms with van der Waals surface area (Å²) in [6.07, 6.45) is 2.50. The van der Waals surface area contributed by atoms with Crippen LogP contribution in [0.25, 0.3) is 17.2 Å². The van der Waals surface area contributed by atoms with Crippen LogP contribution in [-0.2, 0) is 17.4 Å². The monoisotopic (exact) mass is 476 g/mol. The average molecular weight is 478 g/mol. The Balaban J connectivity index is 1.92. The number of hydrogen-bond donors (Lipinski definition) is 0. The van der Waals surface area contributed by atoms with E-state index in [0.717, 1.165) is 0 Å². The van der Waals surface area contributed by atoms with Crippen molar-refractivity contribution >= 4 is 13.0 Å². The summed E-state index contributed by atoms with van der Waals surface area (Å²) in [5.41, 5.74) is 12.0. The van der Waals surface area contributed by atoms with Gasteiger partial charge in [-0.15, -0.1) is 0 Å². The summed E-state index contributed by atoms with van der Waals surface area (Å²) >= 11 is -3.29. The van der Waals surface area contributed by atoms with Crippen LogP contribution in [-0.4, -0.2) is 6.88 Å². The Morgan fingerprint density at radius 3 is 2.07 bits per heavy atom. The van der Waals surface area contributed by atoms with Crippen molar-refractivity contribution in [1.29, 1.82) is 0 Å². The summed E-state index contributed by atoms with van der Waals surface area (Å²) in [6.45, 7) is 14.3. The van der Waals surface area contributed by atoms with Crippen LogP contribution in [0.4, 0.5) is 0 Å². The van der Waals surface area contributed by atoms with Crippen molar-refractivity contribution in [1.82, 2.24) is 0 Å². The Kier molecular flexibility index (Phi) is 4.99. The van der Waals surface area contributed by atoms with Crippen molar-refractivity contribution in [3.63, 3.8) is 0 Å². The van der Waals surface area contributed by atoms with Crippen LogP contribution in [0.5, 0.6) is 0 Å². The molecule has 4 rings (SSSR count). The Hall–Kier alpha value is -1.24. The minimum atomic E-state index is -3.29. The van der Waals surface area contributed by atoms with Gasteiger partial charge in [0, 0.05) is 0 Å². The van der Waals surface area contributed by atoms with E-state index in [1.807, 2.05) is 3.28 Å². The molecule has 0 amide bonds. The van der Waals surface area contributed by atoms with Gasteiger partial charge in [0.25, 0.3) is 0 Å². The molecule has 0 saturated carbocycles. The number of allylic oxidation sites excluding steroid dienone is 5. The van der Waals surface area contributed by atoms with Gasteiger partial charge >= 0.3 is 180 Å². The van der Waals surface area contributed by atoms with E-state index in [4.69, 9.17) is 0 Å². The molecule has 0 saturated heterocycles. The molecule has 0 nitrogen and oxygen atoms in total. The molecule has 29 heavy (non-hydrogen) atoms. The normalized spacial score (nSPS) is 22.3. The van der Waals surface area contributed by atoms with Crippen LogP contribution in [0.2, 0.25) is 9.26 Å². The molecule has 0 bridgehead atoms. The zero-order valence-electron chi connectivity index (χ0n) is 19.1. The molecule has 0 N–H and O–H groups in total. The van der Waals surface area contributed by atoms with E-state index in [-0.39, 0.29) is 0 Å². The fraction of sp³-hybridized carbons (Fsp3) is 0.333. The molecular formula is C27H34SiZr. The quantitative estimate of drug-likeness (QED) is 0.404. The molecule has 0 fully saturated rings. The number of rotatable bonds is 3. The van der Waals surface area contributed by atoms with Crippen molar-refractivity contribution in [2.24, 2.45) is 5.92 Å². The van der Waals surface area contributed by atoms with E-state index < -0.39 is 17.4 Å². The van der Waals surface area contributed by atoms with Gasteiger partial charge in [0.15, 0.2) is 0 Å². The zero-order chi connectivity index (χ0) is 21.2. The molecule has 150 valence electrons. The third-order valence-corrected chi connectivity index (χ3v) is 25.3. The predicted octanol–water partition coefficient (Wildman–Crippen LogP) is 7.41. The summed E-state index contributed by atoms with van der Waals surface area (Å²) in [5.74, 6) is 0.599. The van der Waals surface area contributed by atoms with Gasteiger partial charge in [-0.3, -0.25) is 0 Å². The molecule has 0 spiro atoms. The Morgan fingerprint density at radius 1 is 0.828 bits per heavy atom. The molecule has 2 aromatic carbocycles. The van der Waals surface area contributed by atoms with E-state index in [9.17, 15) is 0 Å². The van der Waals surface area contributed by atoms with E-state index in [1.165, 1.54) is 16.7 Å². The first kappa shape index (κ1) is 21.0. The summed E-state index contributed by atoms with van der Waals surface area (Å²) in [4.78, 5) is 0. The number of fused-ring (bicyclic) bond motifs is 1. The van der Waals surface area contributed by atoms with Crippen LogP contribution < -0.4 is 0 Å². The Labute approximate surface area is 179 Å². The molecule has 2 aliphatic rings. The fourth-order valence-corrected chi connectivity index (χ4v) is 28.2. The van der Waals surface area contributed by atoms with Crippen LogP contribution >= 0.6 is 0 Å². The maximum absolute atomic E-state index is 3.29. The van der Waals surface area contributed by atoms with Crippen molar-refractivity contribution in [2.45, 2.75) is 47.5 Å². The zero-order valence-corrected chi connectivity index (χ0v) is 22.9. The van der Waals surface area contributed by atoms with Gasteiger partial charge < -0.3 is 0 Å². The van der Waals surface area contributed by atoms with E-state index in [1.54, 1.807) is 27.9 Å². The predicted molar refractivity (Wildman–Crippen MR) is 129 cm³/mol. The van der Waals surface area contributed by atoms with Crippen LogP contribution in [0, 0.1) is 5.92 Å². The third kappa shape index (κ3) is 3.10. The van der Waals surface area contributed by atoms with Gasteiger partial charge in [-0.2, -0.15) is 0 Å². The van der Waals surface area contributed by atoms with Gasteiger partial charge in [-0.1, -0.05) is 0 Å². The number of hydrogen-bond acceptors (Lipinski definition) is 0. The minimum absolute atomic E-state index is 0.597. The average Bonchev–Trinajstić information content (AvgIpc) is 3.12. The van der Waals surface area contributed by atoms with Gasteiger partial charge in [0.1, 0.15) is 0 Å². The molecule has 0 aromatic heterocycles. The molecule has 2 aromatic rings. The number of benzene rings is 2. The first-order chi connectivity index (χ1) is 13.5. The molecule has 2 unspecified atom stereocenters. The summed E-state index contributed by atoms with van der Waals surface area (Å²) in [5, 5.41) is 0. The molecule has 0 aliphatic heterocycles.